The Labute approximate surface area is 124 Å². The molecule has 1 saturated carbocycles. The average Bonchev–Trinajstić information content (AvgIpc) is 2.46. The van der Waals surface area contributed by atoms with Gasteiger partial charge in [-0.25, -0.2) is 0 Å². The van der Waals surface area contributed by atoms with Crippen LogP contribution in [0.4, 0.5) is 0 Å². The molecule has 0 atom stereocenters. The molecule has 0 spiro atoms. The van der Waals surface area contributed by atoms with Crippen LogP contribution in [0.15, 0.2) is 6.07 Å². The molecule has 2 rings (SSSR count). The minimum Gasteiger partial charge on any atom is -0.492 e. The zero-order valence-corrected chi connectivity index (χ0v) is 12.6. The fourth-order valence-electron chi connectivity index (χ4n) is 3.02. The van der Waals surface area contributed by atoms with Gasteiger partial charge in [0, 0.05) is 11.1 Å². The van der Waals surface area contributed by atoms with Crippen LogP contribution < -0.4 is 15.2 Å². The van der Waals surface area contributed by atoms with Gasteiger partial charge in [0.2, 0.25) is 0 Å². The molecule has 0 radical (unpaired) electrons. The lowest BCUT2D eigenvalue weighted by Crippen LogP contribution is -2.39. The van der Waals surface area contributed by atoms with Crippen molar-refractivity contribution in [1.82, 2.24) is 0 Å². The van der Waals surface area contributed by atoms with E-state index in [0.29, 0.717) is 28.4 Å². The first-order valence-corrected chi connectivity index (χ1v) is 7.14. The van der Waals surface area contributed by atoms with E-state index in [2.05, 4.69) is 0 Å². The molecule has 1 aliphatic rings. The molecule has 0 aromatic heterocycles. The molecule has 0 saturated heterocycles. The number of hydrogen-bond acceptors (Lipinski definition) is 4. The fourth-order valence-corrected chi connectivity index (χ4v) is 3.41. The van der Waals surface area contributed by atoms with Crippen LogP contribution in [0.3, 0.4) is 0 Å². The highest BCUT2D eigenvalue weighted by molar-refractivity contribution is 6.32. The Morgan fingerprint density at radius 2 is 1.80 bits per heavy atom. The van der Waals surface area contributed by atoms with E-state index in [1.54, 1.807) is 13.2 Å². The Kier molecular flexibility index (Phi) is 4.55. The topological polar surface area (TPSA) is 61.5 Å². The lowest BCUT2D eigenvalue weighted by Gasteiger charge is -2.36. The molecule has 5 heteroatoms. The van der Waals surface area contributed by atoms with Gasteiger partial charge in [-0.2, -0.15) is 0 Å². The quantitative estimate of drug-likeness (QED) is 0.866. The van der Waals surface area contributed by atoms with Gasteiger partial charge in [0.15, 0.2) is 17.8 Å². The maximum Gasteiger partial charge on any atom is 0.171 e. The van der Waals surface area contributed by atoms with Crippen molar-refractivity contribution in [2.75, 3.05) is 14.2 Å². The molecular formula is C15H20ClNO3. The maximum atomic E-state index is 11.1. The number of ether oxygens (including phenoxy) is 2. The number of nitrogens with two attached hydrogens (primary N) is 1. The van der Waals surface area contributed by atoms with Gasteiger partial charge in [-0.3, -0.25) is 4.79 Å². The Morgan fingerprint density at radius 3 is 2.30 bits per heavy atom. The number of benzene rings is 1. The van der Waals surface area contributed by atoms with Crippen molar-refractivity contribution < 1.29 is 14.3 Å². The number of hydrogen-bond donors (Lipinski definition) is 1. The summed E-state index contributed by atoms with van der Waals surface area (Å²) < 4.78 is 10.8. The predicted octanol–water partition coefficient (Wildman–Crippen LogP) is 3.29. The van der Waals surface area contributed by atoms with Gasteiger partial charge in [0.25, 0.3) is 0 Å². The lowest BCUT2D eigenvalue weighted by atomic mass is 9.76. The molecule has 0 unspecified atom stereocenters. The summed E-state index contributed by atoms with van der Waals surface area (Å²) in [6.07, 6.45) is 5.73. The number of aldehydes is 1. The van der Waals surface area contributed by atoms with Crippen LogP contribution in [-0.2, 0) is 5.54 Å². The van der Waals surface area contributed by atoms with Gasteiger partial charge in [0.05, 0.1) is 24.8 Å². The van der Waals surface area contributed by atoms with E-state index < -0.39 is 5.54 Å². The first kappa shape index (κ1) is 15.1. The SMILES string of the molecule is COc1c(C=O)cc(Cl)c(C2(N)CCCCC2)c1OC. The molecule has 4 nitrogen and oxygen atoms in total. The second kappa shape index (κ2) is 6.02. The minimum atomic E-state index is -0.518. The molecule has 110 valence electrons. The summed E-state index contributed by atoms with van der Waals surface area (Å²) in [5.41, 5.74) is 7.17. The Balaban J connectivity index is 2.65. The molecule has 0 heterocycles. The van der Waals surface area contributed by atoms with Crippen LogP contribution >= 0.6 is 11.6 Å². The number of halogens is 1. The number of methoxy groups -OCH3 is 2. The summed E-state index contributed by atoms with van der Waals surface area (Å²) >= 11 is 6.37. The zero-order chi connectivity index (χ0) is 14.8. The maximum absolute atomic E-state index is 11.1. The standard InChI is InChI=1S/C15H20ClNO3/c1-19-13-10(9-18)8-11(16)12(14(13)20-2)15(17)6-4-3-5-7-15/h8-9H,3-7,17H2,1-2H3. The number of carbonyl (C=O) groups excluding carboxylic acids is 1. The van der Waals surface area contributed by atoms with Crippen molar-refractivity contribution in [3.63, 3.8) is 0 Å². The van der Waals surface area contributed by atoms with Crippen molar-refractivity contribution in [2.45, 2.75) is 37.6 Å². The summed E-state index contributed by atoms with van der Waals surface area (Å²) in [7, 11) is 3.05. The third-order valence-electron chi connectivity index (χ3n) is 4.00. The third kappa shape index (κ3) is 2.50. The molecule has 0 aliphatic heterocycles. The fraction of sp³-hybridized carbons (Fsp3) is 0.533. The van der Waals surface area contributed by atoms with Crippen LogP contribution in [-0.4, -0.2) is 20.5 Å². The van der Waals surface area contributed by atoms with Gasteiger partial charge in [0.1, 0.15) is 0 Å². The molecule has 1 aromatic carbocycles. The van der Waals surface area contributed by atoms with Gasteiger partial charge >= 0.3 is 0 Å². The lowest BCUT2D eigenvalue weighted by molar-refractivity contribution is 0.111. The summed E-state index contributed by atoms with van der Waals surface area (Å²) in [4.78, 5) is 11.1. The van der Waals surface area contributed by atoms with Crippen LogP contribution in [0.25, 0.3) is 0 Å². The van der Waals surface area contributed by atoms with E-state index in [1.807, 2.05) is 0 Å². The second-order valence-electron chi connectivity index (χ2n) is 5.22. The van der Waals surface area contributed by atoms with E-state index in [0.717, 1.165) is 31.2 Å². The molecule has 20 heavy (non-hydrogen) atoms. The molecule has 2 N–H and O–H groups in total. The predicted molar refractivity (Wildman–Crippen MR) is 78.9 cm³/mol. The highest BCUT2D eigenvalue weighted by Crippen LogP contribution is 2.47. The Morgan fingerprint density at radius 1 is 1.20 bits per heavy atom. The number of carbonyl (C=O) groups is 1. The van der Waals surface area contributed by atoms with Crippen molar-refractivity contribution in [3.8, 4) is 11.5 Å². The normalized spacial score (nSPS) is 17.6. The van der Waals surface area contributed by atoms with Crippen molar-refractivity contribution in [1.29, 1.82) is 0 Å². The van der Waals surface area contributed by atoms with E-state index in [-0.39, 0.29) is 0 Å². The number of rotatable bonds is 4. The summed E-state index contributed by atoms with van der Waals surface area (Å²) in [6.45, 7) is 0. The Hall–Kier alpha value is -1.26. The van der Waals surface area contributed by atoms with E-state index in [1.165, 1.54) is 13.5 Å². The van der Waals surface area contributed by atoms with Crippen molar-refractivity contribution in [3.05, 3.63) is 22.2 Å². The summed E-state index contributed by atoms with van der Waals surface area (Å²) in [5.74, 6) is 0.879. The zero-order valence-electron chi connectivity index (χ0n) is 11.9. The second-order valence-corrected chi connectivity index (χ2v) is 5.63. The van der Waals surface area contributed by atoms with E-state index in [9.17, 15) is 4.79 Å². The minimum absolute atomic E-state index is 0.373. The molecule has 1 fully saturated rings. The highest BCUT2D eigenvalue weighted by atomic mass is 35.5. The Bertz CT molecular complexity index is 510. The first-order chi connectivity index (χ1) is 9.57. The van der Waals surface area contributed by atoms with Crippen molar-refractivity contribution >= 4 is 17.9 Å². The van der Waals surface area contributed by atoms with Crippen LogP contribution in [0.5, 0.6) is 11.5 Å². The summed E-state index contributed by atoms with van der Waals surface area (Å²) in [5, 5.41) is 0.467. The smallest absolute Gasteiger partial charge is 0.171 e. The molecule has 1 aliphatic carbocycles. The van der Waals surface area contributed by atoms with Crippen LogP contribution in [0.2, 0.25) is 5.02 Å². The van der Waals surface area contributed by atoms with Gasteiger partial charge in [-0.1, -0.05) is 30.9 Å². The molecule has 0 bridgehead atoms. The van der Waals surface area contributed by atoms with Crippen LogP contribution in [0, 0.1) is 0 Å². The molecular weight excluding hydrogens is 278 g/mol. The highest BCUT2D eigenvalue weighted by Gasteiger charge is 2.36. The molecule has 1 aromatic rings. The third-order valence-corrected chi connectivity index (χ3v) is 4.29. The van der Waals surface area contributed by atoms with Gasteiger partial charge in [-0.15, -0.1) is 0 Å². The van der Waals surface area contributed by atoms with E-state index >= 15 is 0 Å². The molecule has 0 amide bonds. The summed E-state index contributed by atoms with van der Waals surface area (Å²) in [6, 6.07) is 1.61. The first-order valence-electron chi connectivity index (χ1n) is 6.76. The largest absolute Gasteiger partial charge is 0.492 e. The monoisotopic (exact) mass is 297 g/mol. The average molecular weight is 298 g/mol. The van der Waals surface area contributed by atoms with Gasteiger partial charge in [-0.05, 0) is 18.9 Å². The van der Waals surface area contributed by atoms with Gasteiger partial charge < -0.3 is 15.2 Å². The van der Waals surface area contributed by atoms with E-state index in [4.69, 9.17) is 26.8 Å². The van der Waals surface area contributed by atoms with Crippen molar-refractivity contribution in [2.24, 2.45) is 5.73 Å². The van der Waals surface area contributed by atoms with Crippen LogP contribution in [0.1, 0.15) is 48.0 Å².